The van der Waals surface area contributed by atoms with Gasteiger partial charge in [0.2, 0.25) is 5.91 Å². The number of hydrogen-bond donors (Lipinski definition) is 1. The molecule has 0 atom stereocenters. The van der Waals surface area contributed by atoms with Gasteiger partial charge >= 0.3 is 0 Å². The van der Waals surface area contributed by atoms with Crippen molar-refractivity contribution in [2.75, 3.05) is 13.1 Å². The summed E-state index contributed by atoms with van der Waals surface area (Å²) >= 11 is 5.85. The Morgan fingerprint density at radius 3 is 2.46 bits per heavy atom. The van der Waals surface area contributed by atoms with E-state index in [1.165, 1.54) is 10.9 Å². The standard InChI is InChI=1S/C23H23ClN2O2/c24-18-7-5-17(6-8-18)22(27)9-10-23(28)26-13-11-16(12-14-26)20-15-25-21-4-2-1-3-19(20)21/h1-8,15-16,25H,9-14H2. The molecule has 0 aliphatic carbocycles. The van der Waals surface area contributed by atoms with Gasteiger partial charge in [-0.15, -0.1) is 0 Å². The second kappa shape index (κ2) is 8.19. The number of aromatic nitrogens is 1. The Labute approximate surface area is 169 Å². The van der Waals surface area contributed by atoms with Gasteiger partial charge in [0.05, 0.1) is 0 Å². The molecule has 1 saturated heterocycles. The number of amides is 1. The maximum absolute atomic E-state index is 12.5. The molecular weight excluding hydrogens is 372 g/mol. The minimum absolute atomic E-state index is 0.0151. The molecule has 3 aromatic rings. The van der Waals surface area contributed by atoms with Crippen LogP contribution in [0.1, 0.15) is 47.5 Å². The van der Waals surface area contributed by atoms with Crippen molar-refractivity contribution in [1.82, 2.24) is 9.88 Å². The highest BCUT2D eigenvalue weighted by atomic mass is 35.5. The van der Waals surface area contributed by atoms with Crippen LogP contribution in [0.2, 0.25) is 5.02 Å². The number of H-pyrrole nitrogens is 1. The van der Waals surface area contributed by atoms with E-state index in [9.17, 15) is 9.59 Å². The minimum atomic E-state index is -0.0151. The average Bonchev–Trinajstić information content (AvgIpc) is 3.16. The lowest BCUT2D eigenvalue weighted by molar-refractivity contribution is -0.132. The van der Waals surface area contributed by atoms with Crippen LogP contribution in [-0.4, -0.2) is 34.7 Å². The number of likely N-dealkylation sites (tertiary alicyclic amines) is 1. The van der Waals surface area contributed by atoms with Gasteiger partial charge in [0.25, 0.3) is 0 Å². The highest BCUT2D eigenvalue weighted by Crippen LogP contribution is 2.33. The summed E-state index contributed by atoms with van der Waals surface area (Å²) in [6.07, 6.45) is 4.52. The number of carbonyl (C=O) groups excluding carboxylic acids is 2. The van der Waals surface area contributed by atoms with E-state index in [4.69, 9.17) is 11.6 Å². The van der Waals surface area contributed by atoms with Crippen LogP contribution in [0.3, 0.4) is 0 Å². The maximum atomic E-state index is 12.5. The number of nitrogens with zero attached hydrogens (tertiary/aromatic N) is 1. The highest BCUT2D eigenvalue weighted by Gasteiger charge is 2.25. The number of fused-ring (bicyclic) bond motifs is 1. The van der Waals surface area contributed by atoms with Gasteiger partial charge in [-0.1, -0.05) is 29.8 Å². The van der Waals surface area contributed by atoms with Crippen molar-refractivity contribution in [1.29, 1.82) is 0 Å². The largest absolute Gasteiger partial charge is 0.361 e. The van der Waals surface area contributed by atoms with Gasteiger partial charge in [0.15, 0.2) is 5.78 Å². The smallest absolute Gasteiger partial charge is 0.223 e. The fourth-order valence-electron chi connectivity index (χ4n) is 4.03. The SMILES string of the molecule is O=C(CCC(=O)N1CCC(c2c[nH]c3ccccc23)CC1)c1ccc(Cl)cc1. The van der Waals surface area contributed by atoms with Gasteiger partial charge in [0, 0.05) is 53.6 Å². The van der Waals surface area contributed by atoms with Crippen molar-refractivity contribution in [3.63, 3.8) is 0 Å². The summed E-state index contributed by atoms with van der Waals surface area (Å²) in [7, 11) is 0. The second-order valence-electron chi connectivity index (χ2n) is 7.37. The van der Waals surface area contributed by atoms with E-state index in [2.05, 4.69) is 29.4 Å². The summed E-state index contributed by atoms with van der Waals surface area (Å²) in [5, 5.41) is 1.88. The molecule has 28 heavy (non-hydrogen) atoms. The molecule has 0 saturated carbocycles. The number of para-hydroxylation sites is 1. The van der Waals surface area contributed by atoms with Crippen LogP contribution in [-0.2, 0) is 4.79 Å². The van der Waals surface area contributed by atoms with Gasteiger partial charge in [-0.2, -0.15) is 0 Å². The van der Waals surface area contributed by atoms with Crippen LogP contribution >= 0.6 is 11.6 Å². The molecule has 4 nitrogen and oxygen atoms in total. The Kier molecular flexibility index (Phi) is 5.49. The number of benzene rings is 2. The molecule has 1 aliphatic heterocycles. The van der Waals surface area contributed by atoms with Crippen molar-refractivity contribution in [2.45, 2.75) is 31.6 Å². The molecule has 0 spiro atoms. The van der Waals surface area contributed by atoms with Crippen molar-refractivity contribution in [3.8, 4) is 0 Å². The summed E-state index contributed by atoms with van der Waals surface area (Å²) in [4.78, 5) is 30.0. The van der Waals surface area contributed by atoms with Gasteiger partial charge in [0.1, 0.15) is 0 Å². The number of ketones is 1. The third-order valence-corrected chi connectivity index (χ3v) is 5.89. The van der Waals surface area contributed by atoms with Gasteiger partial charge < -0.3 is 9.88 Å². The predicted octanol–water partition coefficient (Wildman–Crippen LogP) is 5.19. The van der Waals surface area contributed by atoms with Crippen LogP contribution in [0, 0.1) is 0 Å². The first-order valence-electron chi connectivity index (χ1n) is 9.74. The van der Waals surface area contributed by atoms with E-state index >= 15 is 0 Å². The van der Waals surface area contributed by atoms with Crippen LogP contribution < -0.4 is 0 Å². The summed E-state index contributed by atoms with van der Waals surface area (Å²) < 4.78 is 0. The van der Waals surface area contributed by atoms with Gasteiger partial charge in [-0.25, -0.2) is 0 Å². The Bertz CT molecular complexity index is 985. The first-order valence-corrected chi connectivity index (χ1v) is 10.1. The summed E-state index contributed by atoms with van der Waals surface area (Å²) in [6, 6.07) is 15.2. The third-order valence-electron chi connectivity index (χ3n) is 5.64. The Morgan fingerprint density at radius 2 is 1.71 bits per heavy atom. The summed E-state index contributed by atoms with van der Waals surface area (Å²) in [6.45, 7) is 1.50. The Morgan fingerprint density at radius 1 is 1.00 bits per heavy atom. The molecular formula is C23H23ClN2O2. The lowest BCUT2D eigenvalue weighted by Gasteiger charge is -2.32. The number of hydrogen-bond acceptors (Lipinski definition) is 2. The van der Waals surface area contributed by atoms with Gasteiger partial charge in [-0.05, 0) is 54.7 Å². The summed E-state index contributed by atoms with van der Waals surface area (Å²) in [5.74, 6) is 0.522. The number of nitrogens with one attached hydrogen (secondary N) is 1. The molecule has 1 amide bonds. The normalized spacial score (nSPS) is 15.1. The number of aromatic amines is 1. The van der Waals surface area contributed by atoms with Crippen molar-refractivity contribution in [3.05, 3.63) is 70.9 Å². The van der Waals surface area contributed by atoms with E-state index in [1.807, 2.05) is 11.0 Å². The molecule has 0 unspecified atom stereocenters. The first-order chi connectivity index (χ1) is 13.6. The third kappa shape index (κ3) is 3.97. The van der Waals surface area contributed by atoms with Crippen LogP contribution in [0.25, 0.3) is 10.9 Å². The molecule has 5 heteroatoms. The van der Waals surface area contributed by atoms with E-state index in [-0.39, 0.29) is 24.5 Å². The van der Waals surface area contributed by atoms with E-state index in [0.717, 1.165) is 31.4 Å². The van der Waals surface area contributed by atoms with Crippen LogP contribution in [0.5, 0.6) is 0 Å². The summed E-state index contributed by atoms with van der Waals surface area (Å²) in [5.41, 5.74) is 3.12. The first kappa shape index (κ1) is 18.8. The fraction of sp³-hybridized carbons (Fsp3) is 0.304. The molecule has 0 radical (unpaired) electrons. The molecule has 1 fully saturated rings. The molecule has 1 aromatic heterocycles. The Balaban J connectivity index is 1.30. The zero-order valence-corrected chi connectivity index (χ0v) is 16.4. The zero-order chi connectivity index (χ0) is 19.5. The number of carbonyl (C=O) groups is 2. The monoisotopic (exact) mass is 394 g/mol. The lowest BCUT2D eigenvalue weighted by atomic mass is 9.89. The van der Waals surface area contributed by atoms with Crippen LogP contribution in [0.15, 0.2) is 54.7 Å². The molecule has 4 rings (SSSR count). The second-order valence-corrected chi connectivity index (χ2v) is 7.81. The minimum Gasteiger partial charge on any atom is -0.361 e. The van der Waals surface area contributed by atoms with Gasteiger partial charge in [-0.3, -0.25) is 9.59 Å². The van der Waals surface area contributed by atoms with Crippen molar-refractivity contribution in [2.24, 2.45) is 0 Å². The maximum Gasteiger partial charge on any atom is 0.223 e. The Hall–Kier alpha value is -2.59. The highest BCUT2D eigenvalue weighted by molar-refractivity contribution is 6.30. The molecule has 1 N–H and O–H groups in total. The fourth-order valence-corrected chi connectivity index (χ4v) is 4.16. The zero-order valence-electron chi connectivity index (χ0n) is 15.7. The number of halogens is 1. The predicted molar refractivity (Wildman–Crippen MR) is 112 cm³/mol. The quantitative estimate of drug-likeness (QED) is 0.605. The molecule has 0 bridgehead atoms. The van der Waals surface area contributed by atoms with E-state index < -0.39 is 0 Å². The molecule has 144 valence electrons. The number of Topliss-reactive ketones (excluding diaryl/α,β-unsaturated/α-hetero) is 1. The lowest BCUT2D eigenvalue weighted by Crippen LogP contribution is -2.38. The number of rotatable bonds is 5. The number of piperidine rings is 1. The van der Waals surface area contributed by atoms with Crippen molar-refractivity contribution < 1.29 is 9.59 Å². The van der Waals surface area contributed by atoms with E-state index in [0.29, 0.717) is 16.5 Å². The van der Waals surface area contributed by atoms with E-state index in [1.54, 1.807) is 24.3 Å². The molecule has 2 aromatic carbocycles. The average molecular weight is 395 g/mol. The van der Waals surface area contributed by atoms with Crippen LogP contribution in [0.4, 0.5) is 0 Å². The topological polar surface area (TPSA) is 53.2 Å². The molecule has 1 aliphatic rings. The molecule has 2 heterocycles. The van der Waals surface area contributed by atoms with Crippen molar-refractivity contribution >= 4 is 34.2 Å².